The Labute approximate surface area is 200 Å². The second-order valence-electron chi connectivity index (χ2n) is 7.34. The summed E-state index contributed by atoms with van der Waals surface area (Å²) in [4.78, 5) is 18.4. The van der Waals surface area contributed by atoms with Gasteiger partial charge >= 0.3 is 0 Å². The van der Waals surface area contributed by atoms with Crippen LogP contribution in [0.15, 0.2) is 72.8 Å². The Kier molecular flexibility index (Phi) is 6.69. The molecule has 0 aliphatic heterocycles. The summed E-state index contributed by atoms with van der Waals surface area (Å²) in [6, 6.07) is 22.1. The third-order valence-electron chi connectivity index (χ3n) is 5.40. The molecule has 4 nitrogen and oxygen atoms in total. The zero-order chi connectivity index (χ0) is 22.7. The number of rotatable bonds is 6. The zero-order valence-corrected chi connectivity index (χ0v) is 19.9. The molecule has 0 bridgehead atoms. The number of ether oxygens (including phenoxy) is 1. The fourth-order valence-electron chi connectivity index (χ4n) is 3.81. The quantitative estimate of drug-likeness (QED) is 0.283. The Balaban J connectivity index is 1.92. The number of fused-ring (bicyclic) bond motifs is 1. The van der Waals surface area contributed by atoms with E-state index in [0.29, 0.717) is 31.5 Å². The molecule has 0 saturated heterocycles. The smallest absolute Gasteiger partial charge is 0.256 e. The Bertz CT molecular complexity index is 1260. The van der Waals surface area contributed by atoms with Gasteiger partial charge in [0.05, 0.1) is 27.8 Å². The van der Waals surface area contributed by atoms with Crippen LogP contribution in [-0.2, 0) is 0 Å². The van der Waals surface area contributed by atoms with E-state index in [0.717, 1.165) is 17.5 Å². The van der Waals surface area contributed by atoms with Crippen LogP contribution in [0.3, 0.4) is 0 Å². The van der Waals surface area contributed by atoms with Gasteiger partial charge < -0.3 is 10.1 Å². The molecule has 0 unspecified atom stereocenters. The van der Waals surface area contributed by atoms with Crippen LogP contribution in [0.4, 0.5) is 4.39 Å². The monoisotopic (exact) mass is 540 g/mol. The van der Waals surface area contributed by atoms with E-state index in [-0.39, 0.29) is 17.8 Å². The van der Waals surface area contributed by atoms with Gasteiger partial charge in [0.25, 0.3) is 5.91 Å². The van der Waals surface area contributed by atoms with Crippen LogP contribution in [-0.4, -0.2) is 18.0 Å². The number of pyridine rings is 1. The Morgan fingerprint density at radius 3 is 2.34 bits per heavy atom. The van der Waals surface area contributed by atoms with Crippen molar-refractivity contribution in [2.75, 3.05) is 7.11 Å². The second-order valence-corrected chi connectivity index (χ2v) is 8.42. The van der Waals surface area contributed by atoms with Gasteiger partial charge in [0.2, 0.25) is 0 Å². The van der Waals surface area contributed by atoms with E-state index in [1.807, 2.05) is 90.2 Å². The van der Waals surface area contributed by atoms with Gasteiger partial charge in [-0.1, -0.05) is 67.6 Å². The molecule has 1 amide bonds. The van der Waals surface area contributed by atoms with Crippen molar-refractivity contribution in [3.63, 3.8) is 0 Å². The minimum atomic E-state index is -0.378. The average molecular weight is 540 g/mol. The predicted octanol–water partition coefficient (Wildman–Crippen LogP) is 6.54. The number of nitrogens with zero attached hydrogens (tertiary/aromatic N) is 1. The minimum absolute atomic E-state index is 0.170. The van der Waals surface area contributed by atoms with Crippen LogP contribution in [0.5, 0.6) is 5.75 Å². The number of carbonyl (C=O) groups excluding carboxylic acids is 1. The molecule has 3 aromatic carbocycles. The van der Waals surface area contributed by atoms with Crippen molar-refractivity contribution in [1.29, 1.82) is 0 Å². The lowest BCUT2D eigenvalue weighted by Crippen LogP contribution is -2.29. The normalized spacial score (nSPS) is 11.9. The highest BCUT2D eigenvalue weighted by Gasteiger charge is 2.26. The van der Waals surface area contributed by atoms with Crippen molar-refractivity contribution < 1.29 is 13.9 Å². The largest absolute Gasteiger partial charge is 0.494 e. The molecule has 32 heavy (non-hydrogen) atoms. The van der Waals surface area contributed by atoms with Gasteiger partial charge in [-0.2, -0.15) is 0 Å². The van der Waals surface area contributed by atoms with Crippen molar-refractivity contribution in [3.05, 3.63) is 93.3 Å². The molecular formula is C26H22FIN2O2. The fourth-order valence-corrected chi connectivity index (χ4v) is 4.40. The highest BCUT2D eigenvalue weighted by atomic mass is 127. The molecule has 0 aliphatic carbocycles. The van der Waals surface area contributed by atoms with E-state index in [2.05, 4.69) is 5.32 Å². The highest BCUT2D eigenvalue weighted by molar-refractivity contribution is 14.1. The van der Waals surface area contributed by atoms with E-state index >= 15 is 0 Å². The lowest BCUT2D eigenvalue weighted by molar-refractivity contribution is 0.0934. The van der Waals surface area contributed by atoms with Gasteiger partial charge in [-0.25, -0.2) is 9.37 Å². The summed E-state index contributed by atoms with van der Waals surface area (Å²) in [7, 11) is 1.52. The van der Waals surface area contributed by atoms with Gasteiger partial charge in [0.15, 0.2) is 5.75 Å². The molecule has 0 fully saturated rings. The maximum Gasteiger partial charge on any atom is 0.256 e. The summed E-state index contributed by atoms with van der Waals surface area (Å²) in [6.07, 6.45) is 0.721. The van der Waals surface area contributed by atoms with Crippen LogP contribution >= 0.6 is 22.6 Å². The van der Waals surface area contributed by atoms with E-state index in [4.69, 9.17) is 9.72 Å². The molecule has 1 aromatic heterocycles. The van der Waals surface area contributed by atoms with Gasteiger partial charge in [-0.3, -0.25) is 4.79 Å². The van der Waals surface area contributed by atoms with Crippen molar-refractivity contribution in [3.8, 4) is 17.0 Å². The third kappa shape index (κ3) is 4.19. The maximum atomic E-state index is 14.4. The molecule has 0 spiro atoms. The maximum absolute atomic E-state index is 14.4. The number of carbonyl (C=O) groups is 1. The summed E-state index contributed by atoms with van der Waals surface area (Å²) in [5, 5.41) is 3.68. The molecule has 1 heterocycles. The summed E-state index contributed by atoms with van der Waals surface area (Å²) >= 11 is 1.93. The number of amides is 1. The van der Waals surface area contributed by atoms with Crippen molar-refractivity contribution in [1.82, 2.24) is 10.3 Å². The number of benzene rings is 3. The van der Waals surface area contributed by atoms with Gasteiger partial charge in [0.1, 0.15) is 11.5 Å². The lowest BCUT2D eigenvalue weighted by atomic mass is 10.00. The number of nitrogens with one attached hydrogen (secondary N) is 1. The first kappa shape index (κ1) is 22.2. The Morgan fingerprint density at radius 2 is 1.72 bits per heavy atom. The molecular weight excluding hydrogens is 518 g/mol. The second kappa shape index (κ2) is 9.65. The molecule has 4 rings (SSSR count). The summed E-state index contributed by atoms with van der Waals surface area (Å²) in [5.74, 6) is -0.298. The van der Waals surface area contributed by atoms with Crippen molar-refractivity contribution in [2.24, 2.45) is 0 Å². The molecule has 1 atom stereocenters. The van der Waals surface area contributed by atoms with E-state index < -0.39 is 0 Å². The zero-order valence-electron chi connectivity index (χ0n) is 17.7. The molecule has 6 heteroatoms. The van der Waals surface area contributed by atoms with Crippen LogP contribution in [0.25, 0.3) is 22.2 Å². The van der Waals surface area contributed by atoms with Crippen molar-refractivity contribution >= 4 is 39.4 Å². The van der Waals surface area contributed by atoms with E-state index in [1.165, 1.54) is 13.2 Å². The van der Waals surface area contributed by atoms with Crippen LogP contribution in [0, 0.1) is 9.39 Å². The molecule has 0 aliphatic rings. The first-order valence-corrected chi connectivity index (χ1v) is 11.4. The number of aromatic nitrogens is 1. The van der Waals surface area contributed by atoms with Gasteiger partial charge in [-0.15, -0.1) is 0 Å². The Hall–Kier alpha value is -3.00. The van der Waals surface area contributed by atoms with Crippen LogP contribution in [0.1, 0.15) is 35.3 Å². The summed E-state index contributed by atoms with van der Waals surface area (Å²) < 4.78 is 20.5. The molecule has 0 saturated carbocycles. The number of hydrogen-bond donors (Lipinski definition) is 1. The van der Waals surface area contributed by atoms with Gasteiger partial charge in [-0.05, 0) is 46.7 Å². The minimum Gasteiger partial charge on any atom is -0.494 e. The van der Waals surface area contributed by atoms with Crippen molar-refractivity contribution in [2.45, 2.75) is 19.4 Å². The average Bonchev–Trinajstić information content (AvgIpc) is 2.84. The molecule has 0 radical (unpaired) electrons. The number of halogens is 2. The third-order valence-corrected chi connectivity index (χ3v) is 6.42. The molecule has 4 aromatic rings. The summed E-state index contributed by atoms with van der Waals surface area (Å²) in [6.45, 7) is 2.02. The lowest BCUT2D eigenvalue weighted by Gasteiger charge is -2.21. The van der Waals surface area contributed by atoms with E-state index in [9.17, 15) is 9.18 Å². The summed E-state index contributed by atoms with van der Waals surface area (Å²) in [5.41, 5.74) is 3.09. The fraction of sp³-hybridized carbons (Fsp3) is 0.154. The molecule has 162 valence electrons. The topological polar surface area (TPSA) is 51.2 Å². The molecule has 1 N–H and O–H groups in total. The number of methoxy groups -OCH3 is 1. The first-order chi connectivity index (χ1) is 15.5. The predicted molar refractivity (Wildman–Crippen MR) is 133 cm³/mol. The number of hydrogen-bond acceptors (Lipinski definition) is 3. The Morgan fingerprint density at radius 1 is 1.06 bits per heavy atom. The standard InChI is InChI=1S/C26H22FIN2O2/c1-3-20(16-10-6-4-7-11-16)29-26(31)21-18-14-15-19(27)22(28)24(18)30-23(25(21)32-2)17-12-8-5-9-13-17/h4-15,20H,3H2,1-2H3,(H,29,31)/t20-/m0/s1. The highest BCUT2D eigenvalue weighted by Crippen LogP contribution is 2.38. The van der Waals surface area contributed by atoms with Crippen LogP contribution < -0.4 is 10.1 Å². The first-order valence-electron chi connectivity index (χ1n) is 10.3. The van der Waals surface area contributed by atoms with E-state index in [1.54, 1.807) is 6.07 Å². The van der Waals surface area contributed by atoms with Crippen LogP contribution in [0.2, 0.25) is 0 Å². The van der Waals surface area contributed by atoms with Gasteiger partial charge in [0, 0.05) is 10.9 Å². The SMILES string of the molecule is CC[C@H](NC(=O)c1c(OC)c(-c2ccccc2)nc2c(I)c(F)ccc12)c1ccccc1.